The number of benzene rings is 2. The van der Waals surface area contributed by atoms with Gasteiger partial charge in [-0.15, -0.1) is 0 Å². The molecule has 0 saturated carbocycles. The van der Waals surface area contributed by atoms with Crippen molar-refractivity contribution in [2.45, 2.75) is 20.3 Å². The molecule has 1 amide bonds. The average molecular weight is 372 g/mol. The molecule has 3 rings (SSSR count). The van der Waals surface area contributed by atoms with E-state index in [0.29, 0.717) is 10.7 Å². The lowest BCUT2D eigenvalue weighted by Crippen LogP contribution is -2.21. The van der Waals surface area contributed by atoms with Crippen LogP contribution in [0.4, 0.5) is 5.69 Å². The van der Waals surface area contributed by atoms with Gasteiger partial charge in [0.25, 0.3) is 5.91 Å². The molecule has 1 aromatic heterocycles. The maximum absolute atomic E-state index is 12.1. The van der Waals surface area contributed by atoms with Crippen LogP contribution in [0.25, 0.3) is 11.0 Å². The summed E-state index contributed by atoms with van der Waals surface area (Å²) >= 11 is 5.97. The van der Waals surface area contributed by atoms with Crippen LogP contribution in [0.15, 0.2) is 47.1 Å². The van der Waals surface area contributed by atoms with E-state index in [2.05, 4.69) is 5.32 Å². The van der Waals surface area contributed by atoms with Gasteiger partial charge in [0.05, 0.1) is 23.4 Å². The van der Waals surface area contributed by atoms with Crippen LogP contribution in [-0.2, 0) is 20.7 Å². The lowest BCUT2D eigenvalue weighted by atomic mass is 10.0. The Balaban J connectivity index is 1.59. The van der Waals surface area contributed by atoms with Gasteiger partial charge in [0.1, 0.15) is 5.58 Å². The Bertz CT molecular complexity index is 977. The minimum atomic E-state index is -0.500. The summed E-state index contributed by atoms with van der Waals surface area (Å²) in [5, 5.41) is 3.90. The minimum Gasteiger partial charge on any atom is -0.464 e. The van der Waals surface area contributed by atoms with Crippen molar-refractivity contribution in [3.8, 4) is 0 Å². The minimum absolute atomic E-state index is 0.0366. The highest BCUT2D eigenvalue weighted by Gasteiger charge is 2.15. The first-order chi connectivity index (χ1) is 12.5. The second kappa shape index (κ2) is 7.62. The van der Waals surface area contributed by atoms with Crippen LogP contribution in [0.2, 0.25) is 5.02 Å². The summed E-state index contributed by atoms with van der Waals surface area (Å²) in [6, 6.07) is 10.8. The van der Waals surface area contributed by atoms with E-state index in [1.807, 2.05) is 26.0 Å². The molecule has 0 atom stereocenters. The molecule has 0 fully saturated rings. The predicted molar refractivity (Wildman–Crippen MR) is 100 cm³/mol. The van der Waals surface area contributed by atoms with E-state index in [1.165, 1.54) is 0 Å². The Kier molecular flexibility index (Phi) is 5.28. The number of carbonyl (C=O) groups is 2. The van der Waals surface area contributed by atoms with E-state index in [-0.39, 0.29) is 13.0 Å². The van der Waals surface area contributed by atoms with Gasteiger partial charge >= 0.3 is 5.97 Å². The number of furan rings is 1. The van der Waals surface area contributed by atoms with E-state index in [9.17, 15) is 9.59 Å². The van der Waals surface area contributed by atoms with Gasteiger partial charge in [-0.1, -0.05) is 35.9 Å². The molecule has 0 bridgehead atoms. The number of esters is 1. The topological polar surface area (TPSA) is 68.5 Å². The Morgan fingerprint density at radius 1 is 1.15 bits per heavy atom. The molecule has 2 aromatic carbocycles. The van der Waals surface area contributed by atoms with Gasteiger partial charge < -0.3 is 14.5 Å². The van der Waals surface area contributed by atoms with Gasteiger partial charge in [0.15, 0.2) is 6.61 Å². The summed E-state index contributed by atoms with van der Waals surface area (Å²) in [5.41, 5.74) is 4.14. The monoisotopic (exact) mass is 371 g/mol. The molecule has 5 nitrogen and oxygen atoms in total. The third-order valence-electron chi connectivity index (χ3n) is 4.19. The maximum atomic E-state index is 12.1. The van der Waals surface area contributed by atoms with Crippen molar-refractivity contribution in [1.82, 2.24) is 0 Å². The zero-order valence-electron chi connectivity index (χ0n) is 14.5. The van der Waals surface area contributed by atoms with Gasteiger partial charge in [-0.3, -0.25) is 9.59 Å². The number of anilines is 1. The fraction of sp³-hybridized carbons (Fsp3) is 0.200. The molecular formula is C20H18ClNO4. The Morgan fingerprint density at radius 3 is 2.69 bits per heavy atom. The number of nitrogens with one attached hydrogen (secondary N) is 1. The number of hydrogen-bond donors (Lipinski definition) is 1. The predicted octanol–water partition coefficient (Wildman–Crippen LogP) is 4.43. The highest BCUT2D eigenvalue weighted by Crippen LogP contribution is 2.27. The van der Waals surface area contributed by atoms with Crippen molar-refractivity contribution >= 4 is 40.1 Å². The summed E-state index contributed by atoms with van der Waals surface area (Å²) in [6.07, 6.45) is 1.59. The third-order valence-corrected chi connectivity index (χ3v) is 4.52. The van der Waals surface area contributed by atoms with E-state index in [1.54, 1.807) is 30.5 Å². The highest BCUT2D eigenvalue weighted by atomic mass is 35.5. The number of aryl methyl sites for hydroxylation is 2. The molecular weight excluding hydrogens is 354 g/mol. The Hall–Kier alpha value is -2.79. The Morgan fingerprint density at radius 2 is 1.92 bits per heavy atom. The Labute approximate surface area is 155 Å². The van der Waals surface area contributed by atoms with Crippen molar-refractivity contribution in [1.29, 1.82) is 0 Å². The summed E-state index contributed by atoms with van der Waals surface area (Å²) in [6.45, 7) is 3.60. The normalized spacial score (nSPS) is 10.7. The van der Waals surface area contributed by atoms with Gasteiger partial charge in [0, 0.05) is 10.9 Å². The van der Waals surface area contributed by atoms with Crippen LogP contribution in [0, 0.1) is 13.8 Å². The summed E-state index contributed by atoms with van der Waals surface area (Å²) in [7, 11) is 0. The van der Waals surface area contributed by atoms with Gasteiger partial charge in [-0.05, 0) is 37.1 Å². The molecule has 0 saturated heterocycles. The second-order valence-corrected chi connectivity index (χ2v) is 6.42. The van der Waals surface area contributed by atoms with Crippen LogP contribution < -0.4 is 5.32 Å². The molecule has 134 valence electrons. The first-order valence-electron chi connectivity index (χ1n) is 8.12. The molecule has 0 aliphatic heterocycles. The van der Waals surface area contributed by atoms with Crippen molar-refractivity contribution in [2.24, 2.45) is 0 Å². The lowest BCUT2D eigenvalue weighted by Gasteiger charge is -2.07. The molecule has 3 aromatic rings. The largest absolute Gasteiger partial charge is 0.464 e. The standard InChI is InChI=1S/C20H18ClNO4/c1-12-7-8-15-14(10-26-20(15)13(12)2)9-19(24)25-11-18(23)22-17-6-4-3-5-16(17)21/h3-8,10H,9,11H2,1-2H3,(H,22,23). The summed E-state index contributed by atoms with van der Waals surface area (Å²) in [5.74, 6) is -0.949. The SMILES string of the molecule is Cc1ccc2c(CC(=O)OCC(=O)Nc3ccccc3Cl)coc2c1C. The number of carbonyl (C=O) groups excluding carboxylic acids is 2. The van der Waals surface area contributed by atoms with Gasteiger partial charge in [-0.25, -0.2) is 0 Å². The first-order valence-corrected chi connectivity index (χ1v) is 8.50. The van der Waals surface area contributed by atoms with E-state index < -0.39 is 11.9 Å². The van der Waals surface area contributed by atoms with E-state index >= 15 is 0 Å². The number of rotatable bonds is 5. The quantitative estimate of drug-likeness (QED) is 0.674. The van der Waals surface area contributed by atoms with Crippen molar-refractivity contribution < 1.29 is 18.7 Å². The van der Waals surface area contributed by atoms with Crippen molar-refractivity contribution in [3.05, 3.63) is 64.4 Å². The molecule has 1 N–H and O–H groups in total. The third kappa shape index (κ3) is 3.89. The average Bonchev–Trinajstić information content (AvgIpc) is 3.02. The molecule has 6 heteroatoms. The van der Waals surface area contributed by atoms with Gasteiger partial charge in [-0.2, -0.15) is 0 Å². The number of ether oxygens (including phenoxy) is 1. The number of fused-ring (bicyclic) bond motifs is 1. The summed E-state index contributed by atoms with van der Waals surface area (Å²) in [4.78, 5) is 24.0. The zero-order valence-corrected chi connectivity index (χ0v) is 15.2. The van der Waals surface area contributed by atoms with Gasteiger partial charge in [0.2, 0.25) is 0 Å². The van der Waals surface area contributed by atoms with Crippen LogP contribution in [-0.4, -0.2) is 18.5 Å². The van der Waals surface area contributed by atoms with Crippen LogP contribution >= 0.6 is 11.6 Å². The molecule has 1 heterocycles. The number of hydrogen-bond acceptors (Lipinski definition) is 4. The fourth-order valence-corrected chi connectivity index (χ4v) is 2.81. The smallest absolute Gasteiger partial charge is 0.310 e. The first kappa shape index (κ1) is 18.0. The lowest BCUT2D eigenvalue weighted by molar-refractivity contribution is -0.146. The molecule has 0 aliphatic rings. The van der Waals surface area contributed by atoms with Crippen LogP contribution in [0.1, 0.15) is 16.7 Å². The van der Waals surface area contributed by atoms with Crippen LogP contribution in [0.3, 0.4) is 0 Å². The molecule has 0 unspecified atom stereocenters. The number of para-hydroxylation sites is 1. The number of amides is 1. The molecule has 0 radical (unpaired) electrons. The molecule has 0 spiro atoms. The summed E-state index contributed by atoms with van der Waals surface area (Å²) < 4.78 is 10.6. The van der Waals surface area contributed by atoms with E-state index in [0.717, 1.165) is 27.7 Å². The zero-order chi connectivity index (χ0) is 18.7. The van der Waals surface area contributed by atoms with Crippen molar-refractivity contribution in [2.75, 3.05) is 11.9 Å². The molecule has 0 aliphatic carbocycles. The number of halogens is 1. The molecule has 26 heavy (non-hydrogen) atoms. The highest BCUT2D eigenvalue weighted by molar-refractivity contribution is 6.33. The van der Waals surface area contributed by atoms with Crippen LogP contribution in [0.5, 0.6) is 0 Å². The fourth-order valence-electron chi connectivity index (χ4n) is 2.63. The van der Waals surface area contributed by atoms with Crippen molar-refractivity contribution in [3.63, 3.8) is 0 Å². The second-order valence-electron chi connectivity index (χ2n) is 6.01. The van der Waals surface area contributed by atoms with E-state index in [4.69, 9.17) is 20.8 Å². The maximum Gasteiger partial charge on any atom is 0.310 e.